The second-order valence-corrected chi connectivity index (χ2v) is 5.91. The molecule has 4 heteroatoms. The summed E-state index contributed by atoms with van der Waals surface area (Å²) in [4.78, 5) is 13.5. The molecule has 2 aliphatic rings. The number of nitrogens with zero attached hydrogens (tertiary/aromatic N) is 1. The Morgan fingerprint density at radius 1 is 1.47 bits per heavy atom. The molecular weight excluding hydrogens is 208 g/mol. The van der Waals surface area contributed by atoms with Gasteiger partial charge in [-0.1, -0.05) is 6.42 Å². The highest BCUT2D eigenvalue weighted by Crippen LogP contribution is 2.24. The number of hydrogen-bond donors (Lipinski definition) is 1. The van der Waals surface area contributed by atoms with Crippen molar-refractivity contribution in [2.24, 2.45) is 0 Å². The number of carbonyl (C=O) groups excluding carboxylic acids is 1. The van der Waals surface area contributed by atoms with Gasteiger partial charge in [0.15, 0.2) is 0 Å². The summed E-state index contributed by atoms with van der Waals surface area (Å²) in [6.07, 6.45) is 5.02. The number of rotatable bonds is 3. The van der Waals surface area contributed by atoms with Crippen LogP contribution in [-0.4, -0.2) is 48.0 Å². The molecule has 2 rings (SSSR count). The predicted octanol–water partition coefficient (Wildman–Crippen LogP) is 1.09. The minimum atomic E-state index is 0.0949. The van der Waals surface area contributed by atoms with Gasteiger partial charge in [-0.2, -0.15) is 11.8 Å². The van der Waals surface area contributed by atoms with Gasteiger partial charge >= 0.3 is 0 Å². The molecule has 0 aromatic rings. The fourth-order valence-corrected chi connectivity index (χ4v) is 3.51. The Balaban J connectivity index is 1.71. The van der Waals surface area contributed by atoms with Gasteiger partial charge in [0.1, 0.15) is 0 Å². The van der Waals surface area contributed by atoms with E-state index in [4.69, 9.17) is 0 Å². The van der Waals surface area contributed by atoms with E-state index in [1.807, 2.05) is 11.9 Å². The Labute approximate surface area is 96.0 Å². The van der Waals surface area contributed by atoms with Crippen molar-refractivity contribution in [1.82, 2.24) is 10.2 Å². The van der Waals surface area contributed by atoms with E-state index in [0.717, 1.165) is 24.8 Å². The third-order valence-electron chi connectivity index (χ3n) is 3.29. The van der Waals surface area contributed by atoms with Crippen LogP contribution in [-0.2, 0) is 4.79 Å². The quantitative estimate of drug-likeness (QED) is 0.785. The van der Waals surface area contributed by atoms with Gasteiger partial charge in [-0.3, -0.25) is 4.79 Å². The molecule has 2 aliphatic heterocycles. The van der Waals surface area contributed by atoms with Gasteiger partial charge in [-0.15, -0.1) is 0 Å². The second-order valence-electron chi connectivity index (χ2n) is 4.50. The van der Waals surface area contributed by atoms with E-state index in [0.29, 0.717) is 0 Å². The topological polar surface area (TPSA) is 32.3 Å². The Morgan fingerprint density at radius 2 is 2.33 bits per heavy atom. The smallest absolute Gasteiger partial charge is 0.239 e. The van der Waals surface area contributed by atoms with Gasteiger partial charge in [0, 0.05) is 25.4 Å². The first-order chi connectivity index (χ1) is 7.27. The van der Waals surface area contributed by atoms with Crippen molar-refractivity contribution < 1.29 is 4.79 Å². The lowest BCUT2D eigenvalue weighted by Crippen LogP contribution is -2.40. The van der Waals surface area contributed by atoms with E-state index >= 15 is 0 Å². The summed E-state index contributed by atoms with van der Waals surface area (Å²) in [6, 6.07) is 0.0949. The Morgan fingerprint density at radius 3 is 2.93 bits per heavy atom. The van der Waals surface area contributed by atoms with E-state index in [1.54, 1.807) is 0 Å². The van der Waals surface area contributed by atoms with Crippen LogP contribution in [0.15, 0.2) is 0 Å². The van der Waals surface area contributed by atoms with Crippen molar-refractivity contribution in [1.29, 1.82) is 0 Å². The molecule has 0 spiro atoms. The highest BCUT2D eigenvalue weighted by Gasteiger charge is 2.29. The summed E-state index contributed by atoms with van der Waals surface area (Å²) in [7, 11) is 1.89. The van der Waals surface area contributed by atoms with Crippen LogP contribution in [0, 0.1) is 0 Å². The standard InChI is InChI=1S/C11H20N2OS/c1-13-6-5-10(11(13)14)12-8-9-4-2-3-7-15-9/h9-10,12H,2-8H2,1H3. The van der Waals surface area contributed by atoms with E-state index in [2.05, 4.69) is 17.1 Å². The molecule has 15 heavy (non-hydrogen) atoms. The molecule has 0 aromatic carbocycles. The van der Waals surface area contributed by atoms with Gasteiger partial charge in [-0.05, 0) is 25.0 Å². The van der Waals surface area contributed by atoms with Crippen LogP contribution in [0.1, 0.15) is 25.7 Å². The summed E-state index contributed by atoms with van der Waals surface area (Å²) >= 11 is 2.06. The number of carbonyl (C=O) groups is 1. The van der Waals surface area contributed by atoms with Crippen LogP contribution in [0.4, 0.5) is 0 Å². The average Bonchev–Trinajstić information content (AvgIpc) is 2.59. The molecular formula is C11H20N2OS. The molecule has 2 fully saturated rings. The molecule has 86 valence electrons. The first-order valence-corrected chi connectivity index (χ1v) is 6.92. The summed E-state index contributed by atoms with van der Waals surface area (Å²) in [6.45, 7) is 1.92. The van der Waals surface area contributed by atoms with Crippen LogP contribution in [0.3, 0.4) is 0 Å². The van der Waals surface area contributed by atoms with Crippen LogP contribution < -0.4 is 5.32 Å². The van der Waals surface area contributed by atoms with Crippen LogP contribution in [0.2, 0.25) is 0 Å². The van der Waals surface area contributed by atoms with Gasteiger partial charge in [-0.25, -0.2) is 0 Å². The minimum Gasteiger partial charge on any atom is -0.344 e. The zero-order chi connectivity index (χ0) is 10.7. The fraction of sp³-hybridized carbons (Fsp3) is 0.909. The van der Waals surface area contributed by atoms with Gasteiger partial charge in [0.25, 0.3) is 0 Å². The van der Waals surface area contributed by atoms with E-state index < -0.39 is 0 Å². The SMILES string of the molecule is CN1CCC(NCC2CCCCS2)C1=O. The number of nitrogens with one attached hydrogen (secondary N) is 1. The maximum atomic E-state index is 11.6. The van der Waals surface area contributed by atoms with Crippen molar-refractivity contribution in [3.05, 3.63) is 0 Å². The Hall–Kier alpha value is -0.220. The lowest BCUT2D eigenvalue weighted by atomic mass is 10.1. The van der Waals surface area contributed by atoms with Gasteiger partial charge < -0.3 is 10.2 Å². The number of amides is 1. The normalized spacial score (nSPS) is 32.3. The van der Waals surface area contributed by atoms with E-state index in [-0.39, 0.29) is 11.9 Å². The Kier molecular flexibility index (Phi) is 3.92. The van der Waals surface area contributed by atoms with Crippen LogP contribution >= 0.6 is 11.8 Å². The largest absolute Gasteiger partial charge is 0.344 e. The number of likely N-dealkylation sites (N-methyl/N-ethyl adjacent to an activating group) is 1. The molecule has 0 aromatic heterocycles. The van der Waals surface area contributed by atoms with Crippen molar-refractivity contribution in [3.8, 4) is 0 Å². The van der Waals surface area contributed by atoms with Gasteiger partial charge in [0.05, 0.1) is 6.04 Å². The van der Waals surface area contributed by atoms with Crippen molar-refractivity contribution in [3.63, 3.8) is 0 Å². The van der Waals surface area contributed by atoms with Gasteiger partial charge in [0.2, 0.25) is 5.91 Å². The zero-order valence-corrected chi connectivity index (χ0v) is 10.2. The highest BCUT2D eigenvalue weighted by molar-refractivity contribution is 7.99. The Bertz CT molecular complexity index is 229. The maximum Gasteiger partial charge on any atom is 0.239 e. The molecule has 2 atom stereocenters. The molecule has 1 amide bonds. The fourth-order valence-electron chi connectivity index (χ4n) is 2.25. The van der Waals surface area contributed by atoms with E-state index in [9.17, 15) is 4.79 Å². The van der Waals surface area contributed by atoms with Crippen molar-refractivity contribution >= 4 is 17.7 Å². The average molecular weight is 228 g/mol. The summed E-state index contributed by atoms with van der Waals surface area (Å²) in [5.41, 5.74) is 0. The molecule has 0 aliphatic carbocycles. The number of likely N-dealkylation sites (tertiary alicyclic amines) is 1. The number of hydrogen-bond acceptors (Lipinski definition) is 3. The monoisotopic (exact) mass is 228 g/mol. The van der Waals surface area contributed by atoms with E-state index in [1.165, 1.54) is 25.0 Å². The van der Waals surface area contributed by atoms with Crippen LogP contribution in [0.25, 0.3) is 0 Å². The molecule has 0 radical (unpaired) electrons. The zero-order valence-electron chi connectivity index (χ0n) is 9.37. The third-order valence-corrected chi connectivity index (χ3v) is 4.69. The lowest BCUT2D eigenvalue weighted by Gasteiger charge is -2.23. The molecule has 1 N–H and O–H groups in total. The molecule has 0 saturated carbocycles. The molecule has 2 unspecified atom stereocenters. The maximum absolute atomic E-state index is 11.6. The predicted molar refractivity (Wildman–Crippen MR) is 64.1 cm³/mol. The lowest BCUT2D eigenvalue weighted by molar-refractivity contribution is -0.128. The van der Waals surface area contributed by atoms with Crippen molar-refractivity contribution in [2.75, 3.05) is 25.9 Å². The van der Waals surface area contributed by atoms with Crippen LogP contribution in [0.5, 0.6) is 0 Å². The first-order valence-electron chi connectivity index (χ1n) is 5.87. The highest BCUT2D eigenvalue weighted by atomic mass is 32.2. The number of thioether (sulfide) groups is 1. The third kappa shape index (κ3) is 2.88. The molecule has 2 saturated heterocycles. The van der Waals surface area contributed by atoms with Crippen molar-refractivity contribution in [2.45, 2.75) is 37.0 Å². The minimum absolute atomic E-state index is 0.0949. The summed E-state index contributed by atoms with van der Waals surface area (Å²) in [5, 5.41) is 4.15. The molecule has 3 nitrogen and oxygen atoms in total. The second kappa shape index (κ2) is 5.21. The molecule has 2 heterocycles. The molecule has 0 bridgehead atoms. The summed E-state index contributed by atoms with van der Waals surface area (Å²) < 4.78 is 0. The summed E-state index contributed by atoms with van der Waals surface area (Å²) in [5.74, 6) is 1.57. The first kappa shape index (κ1) is 11.3.